The van der Waals surface area contributed by atoms with Crippen molar-refractivity contribution in [3.05, 3.63) is 48.5 Å². The van der Waals surface area contributed by atoms with Crippen LogP contribution in [0.5, 0.6) is 0 Å². The summed E-state index contributed by atoms with van der Waals surface area (Å²) in [6.07, 6.45) is -0.230. The Morgan fingerprint density at radius 1 is 0.870 bits per heavy atom. The number of hydrogen-bond donors (Lipinski definition) is 6. The number of nitrogens with one attached hydrogen (secondary N) is 2. The molecule has 0 aliphatic heterocycles. The van der Waals surface area contributed by atoms with Gasteiger partial charge < -0.3 is 32.3 Å². The van der Waals surface area contributed by atoms with Gasteiger partial charge in [-0.05, 0) is 55.0 Å². The van der Waals surface area contributed by atoms with Crippen LogP contribution in [0.2, 0.25) is 0 Å². The molecule has 0 fully saturated rings. The van der Waals surface area contributed by atoms with Gasteiger partial charge in [0.05, 0.1) is 12.1 Å². The molecule has 6 nitrogen and oxygen atoms in total. The largest absolute Gasteiger partial charge is 0.399 e. The summed E-state index contributed by atoms with van der Waals surface area (Å²) in [4.78, 5) is 0. The third kappa shape index (κ3) is 5.36. The number of nitrogens with two attached hydrogens (primary N) is 2. The van der Waals surface area contributed by atoms with Crippen LogP contribution in [0.4, 0.5) is 22.7 Å². The molecule has 23 heavy (non-hydrogen) atoms. The van der Waals surface area contributed by atoms with E-state index < -0.39 is 6.10 Å². The van der Waals surface area contributed by atoms with Gasteiger partial charge in [0, 0.05) is 35.9 Å². The van der Waals surface area contributed by atoms with Gasteiger partial charge in [-0.3, -0.25) is 0 Å². The minimum atomic E-state index is -0.669. The van der Waals surface area contributed by atoms with E-state index in [-0.39, 0.29) is 12.6 Å². The van der Waals surface area contributed by atoms with Gasteiger partial charge in [0.15, 0.2) is 0 Å². The molecular formula is C17H24N4O2. The summed E-state index contributed by atoms with van der Waals surface area (Å²) in [5.74, 6) is 0. The molecule has 0 saturated heterocycles. The molecule has 0 heterocycles. The molecule has 0 aliphatic rings. The zero-order valence-electron chi connectivity index (χ0n) is 12.9. The maximum Gasteiger partial charge on any atom is 0.0913 e. The van der Waals surface area contributed by atoms with Crippen molar-refractivity contribution in [1.82, 2.24) is 0 Å². The molecule has 0 amide bonds. The molecule has 0 saturated carbocycles. The predicted octanol–water partition coefficient (Wildman–Crippen LogP) is 1.49. The number of aliphatic hydroxyl groups is 2. The zero-order valence-corrected chi connectivity index (χ0v) is 12.9. The lowest BCUT2D eigenvalue weighted by molar-refractivity contribution is 0.146. The monoisotopic (exact) mass is 316 g/mol. The van der Waals surface area contributed by atoms with Crippen LogP contribution in [0.3, 0.4) is 0 Å². The van der Waals surface area contributed by atoms with E-state index in [1.165, 1.54) is 0 Å². The average molecular weight is 316 g/mol. The van der Waals surface area contributed by atoms with Gasteiger partial charge in [0.25, 0.3) is 0 Å². The fraction of sp³-hybridized carbons (Fsp3) is 0.294. The van der Waals surface area contributed by atoms with Crippen LogP contribution in [0.1, 0.15) is 6.42 Å². The van der Waals surface area contributed by atoms with Crippen molar-refractivity contribution in [3.63, 3.8) is 0 Å². The van der Waals surface area contributed by atoms with Crippen LogP contribution in [-0.4, -0.2) is 35.5 Å². The predicted molar refractivity (Wildman–Crippen MR) is 95.3 cm³/mol. The SMILES string of the molecule is Nc1ccc(NCC(O)C(CCO)Nc2ccc(N)cc2)cc1. The molecule has 2 rings (SSSR count). The van der Waals surface area contributed by atoms with Gasteiger partial charge in [-0.1, -0.05) is 0 Å². The molecule has 2 unspecified atom stereocenters. The Kier molecular flexibility index (Phi) is 6.08. The van der Waals surface area contributed by atoms with Crippen LogP contribution in [0.25, 0.3) is 0 Å². The quantitative estimate of drug-likeness (QED) is 0.411. The third-order valence-electron chi connectivity index (χ3n) is 3.59. The molecule has 0 radical (unpaired) electrons. The maximum absolute atomic E-state index is 10.4. The van der Waals surface area contributed by atoms with Crippen molar-refractivity contribution in [2.24, 2.45) is 0 Å². The molecule has 0 aliphatic carbocycles. The normalized spacial score (nSPS) is 13.3. The minimum absolute atomic E-state index is 0.00836. The number of rotatable bonds is 8. The first-order valence-electron chi connectivity index (χ1n) is 7.59. The Hall–Kier alpha value is -2.44. The third-order valence-corrected chi connectivity index (χ3v) is 3.59. The minimum Gasteiger partial charge on any atom is -0.399 e. The fourth-order valence-electron chi connectivity index (χ4n) is 2.26. The summed E-state index contributed by atoms with van der Waals surface area (Å²) >= 11 is 0. The molecular weight excluding hydrogens is 292 g/mol. The van der Waals surface area contributed by atoms with Gasteiger partial charge >= 0.3 is 0 Å². The van der Waals surface area contributed by atoms with Crippen LogP contribution in [-0.2, 0) is 0 Å². The summed E-state index contributed by atoms with van der Waals surface area (Å²) in [5, 5.41) is 26.0. The van der Waals surface area contributed by atoms with Crippen LogP contribution < -0.4 is 22.1 Å². The van der Waals surface area contributed by atoms with E-state index in [2.05, 4.69) is 10.6 Å². The summed E-state index contributed by atoms with van der Waals surface area (Å²) in [6.45, 7) is 0.349. The highest BCUT2D eigenvalue weighted by atomic mass is 16.3. The molecule has 0 spiro atoms. The highest BCUT2D eigenvalue weighted by Crippen LogP contribution is 2.15. The highest BCUT2D eigenvalue weighted by molar-refractivity contribution is 5.52. The van der Waals surface area contributed by atoms with Crippen molar-refractivity contribution < 1.29 is 10.2 Å². The summed E-state index contributed by atoms with van der Waals surface area (Å²) in [7, 11) is 0. The Balaban J connectivity index is 1.93. The van der Waals surface area contributed by atoms with Crippen molar-refractivity contribution in [3.8, 4) is 0 Å². The van der Waals surface area contributed by atoms with E-state index in [0.717, 1.165) is 11.4 Å². The molecule has 6 heteroatoms. The second-order valence-electron chi connectivity index (χ2n) is 5.46. The second-order valence-corrected chi connectivity index (χ2v) is 5.46. The molecule has 2 aromatic rings. The van der Waals surface area contributed by atoms with Gasteiger partial charge in [0.2, 0.25) is 0 Å². The summed E-state index contributed by atoms with van der Waals surface area (Å²) < 4.78 is 0. The van der Waals surface area contributed by atoms with E-state index in [1.807, 2.05) is 24.3 Å². The zero-order chi connectivity index (χ0) is 16.7. The van der Waals surface area contributed by atoms with Crippen molar-refractivity contribution >= 4 is 22.7 Å². The number of benzene rings is 2. The second kappa shape index (κ2) is 8.26. The smallest absolute Gasteiger partial charge is 0.0913 e. The average Bonchev–Trinajstić information content (AvgIpc) is 2.55. The first-order chi connectivity index (χ1) is 11.1. The Morgan fingerprint density at radius 2 is 1.39 bits per heavy atom. The lowest BCUT2D eigenvalue weighted by Gasteiger charge is -2.25. The highest BCUT2D eigenvalue weighted by Gasteiger charge is 2.18. The fourth-order valence-corrected chi connectivity index (χ4v) is 2.26. The van der Waals surface area contributed by atoms with E-state index in [1.54, 1.807) is 24.3 Å². The van der Waals surface area contributed by atoms with Crippen molar-refractivity contribution in [2.75, 3.05) is 35.3 Å². The topological polar surface area (TPSA) is 117 Å². The molecule has 8 N–H and O–H groups in total. The Bertz CT molecular complexity index is 587. The van der Waals surface area contributed by atoms with Crippen molar-refractivity contribution in [1.29, 1.82) is 0 Å². The standard InChI is InChI=1S/C17H24N4O2/c18-12-1-5-14(6-2-12)20-11-17(23)16(9-10-22)21-15-7-3-13(19)4-8-15/h1-8,16-17,20-23H,9-11,18-19H2. The van der Waals surface area contributed by atoms with Crippen LogP contribution in [0.15, 0.2) is 48.5 Å². The lowest BCUT2D eigenvalue weighted by Crippen LogP contribution is -2.39. The van der Waals surface area contributed by atoms with E-state index >= 15 is 0 Å². The molecule has 124 valence electrons. The first kappa shape index (κ1) is 16.9. The number of aliphatic hydroxyl groups excluding tert-OH is 2. The van der Waals surface area contributed by atoms with Gasteiger partial charge in [-0.2, -0.15) is 0 Å². The number of anilines is 4. The van der Waals surface area contributed by atoms with E-state index in [0.29, 0.717) is 24.3 Å². The lowest BCUT2D eigenvalue weighted by atomic mass is 10.1. The van der Waals surface area contributed by atoms with Crippen LogP contribution in [0, 0.1) is 0 Å². The molecule has 0 aromatic heterocycles. The number of hydrogen-bond acceptors (Lipinski definition) is 6. The Morgan fingerprint density at radius 3 is 1.91 bits per heavy atom. The summed E-state index contributed by atoms with van der Waals surface area (Å²) in [6, 6.07) is 14.3. The maximum atomic E-state index is 10.4. The number of nitrogen functional groups attached to an aromatic ring is 2. The van der Waals surface area contributed by atoms with Gasteiger partial charge in [-0.25, -0.2) is 0 Å². The molecule has 2 aromatic carbocycles. The van der Waals surface area contributed by atoms with E-state index in [4.69, 9.17) is 11.5 Å². The van der Waals surface area contributed by atoms with E-state index in [9.17, 15) is 10.2 Å². The van der Waals surface area contributed by atoms with Crippen LogP contribution >= 0.6 is 0 Å². The summed E-state index contributed by atoms with van der Waals surface area (Å²) in [5.41, 5.74) is 14.4. The Labute approximate surface area is 136 Å². The van der Waals surface area contributed by atoms with Gasteiger partial charge in [-0.15, -0.1) is 0 Å². The molecule has 2 atom stereocenters. The first-order valence-corrected chi connectivity index (χ1v) is 7.59. The van der Waals surface area contributed by atoms with Crippen molar-refractivity contribution in [2.45, 2.75) is 18.6 Å². The van der Waals surface area contributed by atoms with Gasteiger partial charge in [0.1, 0.15) is 0 Å². The molecule has 0 bridgehead atoms.